The van der Waals surface area contributed by atoms with E-state index in [9.17, 15) is 18.0 Å². The lowest BCUT2D eigenvalue weighted by Crippen LogP contribution is -2.49. The minimum atomic E-state index is -3.63. The molecule has 0 aromatic heterocycles. The molecule has 37 heavy (non-hydrogen) atoms. The average Bonchev–Trinajstić information content (AvgIpc) is 2.84. The maximum atomic E-state index is 13.5. The SMILES string of the molecule is CCCNC(=O)[C@@H](CC)N(Cc1cccc(C)c1)C(=O)CCCN(c1ccc(OC)c(Cl)c1)S(C)(=O)=O. The molecule has 0 aliphatic rings. The topological polar surface area (TPSA) is 96.0 Å². The van der Waals surface area contributed by atoms with E-state index in [4.69, 9.17) is 16.3 Å². The molecule has 2 amide bonds. The molecule has 0 bridgehead atoms. The molecule has 2 aromatic carbocycles. The summed E-state index contributed by atoms with van der Waals surface area (Å²) in [6, 6.07) is 12.0. The summed E-state index contributed by atoms with van der Waals surface area (Å²) in [5.74, 6) is 0.0463. The summed E-state index contributed by atoms with van der Waals surface area (Å²) in [4.78, 5) is 28.0. The Balaban J connectivity index is 2.22. The second kappa shape index (κ2) is 14.2. The summed E-state index contributed by atoms with van der Waals surface area (Å²) in [5, 5.41) is 3.19. The Hall–Kier alpha value is -2.78. The van der Waals surface area contributed by atoms with Crippen molar-refractivity contribution in [1.29, 1.82) is 0 Å². The summed E-state index contributed by atoms with van der Waals surface area (Å²) in [6.45, 7) is 6.75. The maximum Gasteiger partial charge on any atom is 0.242 e. The van der Waals surface area contributed by atoms with Crippen LogP contribution in [0.4, 0.5) is 5.69 Å². The number of carbonyl (C=O) groups excluding carboxylic acids is 2. The number of amides is 2. The van der Waals surface area contributed by atoms with Gasteiger partial charge >= 0.3 is 0 Å². The highest BCUT2D eigenvalue weighted by Crippen LogP contribution is 2.30. The molecular weight excluding hydrogens is 514 g/mol. The number of aryl methyl sites for hydroxylation is 1. The number of hydrogen-bond acceptors (Lipinski definition) is 5. The van der Waals surface area contributed by atoms with Crippen molar-refractivity contribution >= 4 is 39.1 Å². The normalized spacial score (nSPS) is 12.1. The van der Waals surface area contributed by atoms with Gasteiger partial charge in [-0.05, 0) is 49.9 Å². The van der Waals surface area contributed by atoms with Gasteiger partial charge in [-0.1, -0.05) is 55.3 Å². The monoisotopic (exact) mass is 551 g/mol. The van der Waals surface area contributed by atoms with Gasteiger partial charge in [0.05, 0.1) is 24.1 Å². The van der Waals surface area contributed by atoms with Crippen molar-refractivity contribution in [3.8, 4) is 5.75 Å². The van der Waals surface area contributed by atoms with Crippen LogP contribution >= 0.6 is 11.6 Å². The van der Waals surface area contributed by atoms with Crippen molar-refractivity contribution in [3.05, 3.63) is 58.6 Å². The van der Waals surface area contributed by atoms with Gasteiger partial charge in [-0.15, -0.1) is 0 Å². The molecule has 0 saturated carbocycles. The summed E-state index contributed by atoms with van der Waals surface area (Å²) >= 11 is 6.21. The highest BCUT2D eigenvalue weighted by atomic mass is 35.5. The second-order valence-electron chi connectivity index (χ2n) is 8.98. The molecule has 0 heterocycles. The van der Waals surface area contributed by atoms with Crippen molar-refractivity contribution in [1.82, 2.24) is 10.2 Å². The Morgan fingerprint density at radius 2 is 1.86 bits per heavy atom. The first kappa shape index (κ1) is 30.4. The first-order chi connectivity index (χ1) is 17.5. The molecule has 0 radical (unpaired) electrons. The lowest BCUT2D eigenvalue weighted by atomic mass is 10.1. The number of sulfonamides is 1. The summed E-state index contributed by atoms with van der Waals surface area (Å²) < 4.78 is 31.4. The van der Waals surface area contributed by atoms with Crippen molar-refractivity contribution in [2.75, 3.05) is 30.8 Å². The molecular formula is C27H38ClN3O5S. The van der Waals surface area contributed by atoms with Crippen LogP contribution in [0.25, 0.3) is 0 Å². The molecule has 0 spiro atoms. The van der Waals surface area contributed by atoms with Crippen molar-refractivity contribution in [2.45, 2.75) is 59.0 Å². The lowest BCUT2D eigenvalue weighted by molar-refractivity contribution is -0.141. The van der Waals surface area contributed by atoms with E-state index in [2.05, 4.69) is 5.32 Å². The second-order valence-corrected chi connectivity index (χ2v) is 11.3. The predicted molar refractivity (Wildman–Crippen MR) is 149 cm³/mol. The van der Waals surface area contributed by atoms with Crippen LogP contribution in [0.2, 0.25) is 5.02 Å². The highest BCUT2D eigenvalue weighted by molar-refractivity contribution is 7.92. The molecule has 0 fully saturated rings. The van der Waals surface area contributed by atoms with E-state index in [1.54, 1.807) is 17.0 Å². The Labute approximate surface area is 226 Å². The standard InChI is InChI=1S/C27H38ClN3O5S/c1-6-15-29-27(33)24(7-2)30(19-21-11-8-10-20(3)17-21)26(32)12-9-16-31(37(5,34)35)22-13-14-25(36-4)23(28)18-22/h8,10-11,13-14,17-18,24H,6-7,9,12,15-16,19H2,1-5H3,(H,29,33)/t24-/m1/s1. The summed E-state index contributed by atoms with van der Waals surface area (Å²) in [5.41, 5.74) is 2.39. The molecule has 8 nitrogen and oxygen atoms in total. The van der Waals surface area contributed by atoms with Crippen LogP contribution in [-0.2, 0) is 26.2 Å². The van der Waals surface area contributed by atoms with Crippen molar-refractivity contribution in [3.63, 3.8) is 0 Å². The lowest BCUT2D eigenvalue weighted by Gasteiger charge is -2.31. The van der Waals surface area contributed by atoms with Crippen LogP contribution in [0.1, 0.15) is 50.7 Å². The van der Waals surface area contributed by atoms with Gasteiger partial charge in [0.1, 0.15) is 11.8 Å². The smallest absolute Gasteiger partial charge is 0.242 e. The van der Waals surface area contributed by atoms with Gasteiger partial charge in [-0.3, -0.25) is 13.9 Å². The zero-order valence-corrected chi connectivity index (χ0v) is 23.9. The number of methoxy groups -OCH3 is 1. The van der Waals surface area contributed by atoms with Gasteiger partial charge < -0.3 is 15.0 Å². The molecule has 0 saturated heterocycles. The molecule has 1 atom stereocenters. The minimum absolute atomic E-state index is 0.0826. The number of rotatable bonds is 14. The Kier molecular flexibility index (Phi) is 11.7. The van der Waals surface area contributed by atoms with E-state index in [1.807, 2.05) is 45.0 Å². The zero-order valence-electron chi connectivity index (χ0n) is 22.3. The third kappa shape index (κ3) is 8.93. The van der Waals surface area contributed by atoms with E-state index in [0.717, 1.165) is 23.8 Å². The van der Waals surface area contributed by atoms with E-state index in [1.165, 1.54) is 17.5 Å². The maximum absolute atomic E-state index is 13.5. The Morgan fingerprint density at radius 3 is 2.43 bits per heavy atom. The zero-order chi connectivity index (χ0) is 27.6. The van der Waals surface area contributed by atoms with Crippen LogP contribution < -0.4 is 14.4 Å². The fourth-order valence-corrected chi connectivity index (χ4v) is 5.32. The number of anilines is 1. The van der Waals surface area contributed by atoms with Crippen LogP contribution in [0.5, 0.6) is 5.75 Å². The van der Waals surface area contributed by atoms with Gasteiger partial charge in [0.2, 0.25) is 21.8 Å². The van der Waals surface area contributed by atoms with Crippen LogP contribution in [0.15, 0.2) is 42.5 Å². The van der Waals surface area contributed by atoms with E-state index >= 15 is 0 Å². The van der Waals surface area contributed by atoms with E-state index in [-0.39, 0.29) is 36.2 Å². The molecule has 2 aromatic rings. The number of ether oxygens (including phenoxy) is 1. The third-order valence-electron chi connectivity index (χ3n) is 5.95. The van der Waals surface area contributed by atoms with Crippen molar-refractivity contribution < 1.29 is 22.7 Å². The van der Waals surface area contributed by atoms with Gasteiger partial charge in [0.25, 0.3) is 0 Å². The minimum Gasteiger partial charge on any atom is -0.495 e. The van der Waals surface area contributed by atoms with Crippen LogP contribution in [0, 0.1) is 6.92 Å². The van der Waals surface area contributed by atoms with Gasteiger partial charge in [0, 0.05) is 26.1 Å². The fourth-order valence-electron chi connectivity index (χ4n) is 4.11. The average molecular weight is 552 g/mol. The van der Waals surface area contributed by atoms with Gasteiger partial charge in [-0.25, -0.2) is 8.42 Å². The largest absolute Gasteiger partial charge is 0.495 e. The number of nitrogens with one attached hydrogen (secondary N) is 1. The molecule has 204 valence electrons. The number of carbonyl (C=O) groups is 2. The molecule has 1 N–H and O–H groups in total. The summed E-state index contributed by atoms with van der Waals surface area (Å²) in [7, 11) is -2.14. The van der Waals surface area contributed by atoms with Gasteiger partial charge in [0.15, 0.2) is 0 Å². The van der Waals surface area contributed by atoms with E-state index in [0.29, 0.717) is 30.9 Å². The van der Waals surface area contributed by atoms with Crippen LogP contribution in [-0.4, -0.2) is 57.6 Å². The quantitative estimate of drug-likeness (QED) is 0.372. The fraction of sp³-hybridized carbons (Fsp3) is 0.481. The van der Waals surface area contributed by atoms with Gasteiger partial charge in [-0.2, -0.15) is 0 Å². The van der Waals surface area contributed by atoms with E-state index < -0.39 is 16.1 Å². The molecule has 0 aliphatic carbocycles. The first-order valence-corrected chi connectivity index (χ1v) is 14.7. The number of hydrogen-bond donors (Lipinski definition) is 1. The number of benzene rings is 2. The number of nitrogens with zero attached hydrogens (tertiary/aromatic N) is 2. The van der Waals surface area contributed by atoms with Crippen LogP contribution in [0.3, 0.4) is 0 Å². The van der Waals surface area contributed by atoms with Crippen molar-refractivity contribution in [2.24, 2.45) is 0 Å². The Bertz CT molecular complexity index is 1170. The summed E-state index contributed by atoms with van der Waals surface area (Å²) in [6.07, 6.45) is 2.73. The first-order valence-electron chi connectivity index (χ1n) is 12.5. The molecule has 2 rings (SSSR count). The molecule has 0 unspecified atom stereocenters. The molecule has 10 heteroatoms. The third-order valence-corrected chi connectivity index (χ3v) is 7.44. The highest BCUT2D eigenvalue weighted by Gasteiger charge is 2.28. The number of halogens is 1. The Morgan fingerprint density at radius 1 is 1.14 bits per heavy atom. The predicted octanol–water partition coefficient (Wildman–Crippen LogP) is 4.54. The molecule has 0 aliphatic heterocycles.